The number of anilines is 1. The normalized spacial score (nSPS) is 11.0. The molecule has 0 aliphatic heterocycles. The molecule has 11 heteroatoms. The quantitative estimate of drug-likeness (QED) is 0.237. The third kappa shape index (κ3) is 5.28. The lowest BCUT2D eigenvalue weighted by atomic mass is 10.2. The molecule has 0 fully saturated rings. The fourth-order valence-corrected chi connectivity index (χ4v) is 4.42. The SMILES string of the molecule is CCOC(=O)c1ccc(Cl)c(NC(=O)CSc2nnc(-c3cc4cccc(OC)c4o3)n2CC)c1. The fraction of sp³-hybridized carbons (Fsp3) is 0.250. The summed E-state index contributed by atoms with van der Waals surface area (Å²) in [7, 11) is 1.59. The van der Waals surface area contributed by atoms with Crippen LogP contribution in [0.5, 0.6) is 5.75 Å². The van der Waals surface area contributed by atoms with Crippen molar-refractivity contribution in [2.75, 3.05) is 24.8 Å². The number of hydrogen-bond donors (Lipinski definition) is 1. The van der Waals surface area contributed by atoms with E-state index in [1.165, 1.54) is 17.8 Å². The largest absolute Gasteiger partial charge is 0.493 e. The summed E-state index contributed by atoms with van der Waals surface area (Å²) < 4.78 is 18.3. The molecule has 0 aliphatic rings. The van der Waals surface area contributed by atoms with Gasteiger partial charge in [0, 0.05) is 11.9 Å². The number of furan rings is 1. The van der Waals surface area contributed by atoms with Gasteiger partial charge in [-0.05, 0) is 44.2 Å². The van der Waals surface area contributed by atoms with Gasteiger partial charge in [-0.25, -0.2) is 4.79 Å². The molecule has 2 aromatic carbocycles. The molecular formula is C24H23ClN4O5S. The number of amides is 1. The van der Waals surface area contributed by atoms with Crippen LogP contribution in [0.25, 0.3) is 22.6 Å². The number of ether oxygens (including phenoxy) is 2. The highest BCUT2D eigenvalue weighted by atomic mass is 35.5. The van der Waals surface area contributed by atoms with E-state index >= 15 is 0 Å². The predicted octanol–water partition coefficient (Wildman–Crippen LogP) is 5.28. The minimum Gasteiger partial charge on any atom is -0.493 e. The van der Waals surface area contributed by atoms with Gasteiger partial charge in [0.05, 0.1) is 35.7 Å². The highest BCUT2D eigenvalue weighted by Crippen LogP contribution is 2.34. The van der Waals surface area contributed by atoms with Crippen LogP contribution in [0, 0.1) is 0 Å². The first kappa shape index (κ1) is 24.6. The first-order chi connectivity index (χ1) is 16.9. The van der Waals surface area contributed by atoms with Crippen LogP contribution in [0.2, 0.25) is 5.02 Å². The number of benzene rings is 2. The first-order valence-corrected chi connectivity index (χ1v) is 12.2. The minimum atomic E-state index is -0.485. The van der Waals surface area contributed by atoms with Crippen molar-refractivity contribution in [3.05, 3.63) is 53.1 Å². The van der Waals surface area contributed by atoms with Crippen LogP contribution >= 0.6 is 23.4 Å². The van der Waals surface area contributed by atoms with E-state index in [0.29, 0.717) is 50.9 Å². The van der Waals surface area contributed by atoms with Crippen LogP contribution in [0.3, 0.4) is 0 Å². The number of thioether (sulfide) groups is 1. The predicted molar refractivity (Wildman–Crippen MR) is 134 cm³/mol. The number of carbonyl (C=O) groups is 2. The Morgan fingerprint density at radius 2 is 2.00 bits per heavy atom. The van der Waals surface area contributed by atoms with Crippen LogP contribution in [-0.4, -0.2) is 46.1 Å². The number of hydrogen-bond acceptors (Lipinski definition) is 8. The van der Waals surface area contributed by atoms with Gasteiger partial charge in [0.25, 0.3) is 0 Å². The van der Waals surface area contributed by atoms with Crippen LogP contribution in [0.15, 0.2) is 52.0 Å². The van der Waals surface area contributed by atoms with E-state index in [9.17, 15) is 9.59 Å². The van der Waals surface area contributed by atoms with Gasteiger partial charge in [-0.1, -0.05) is 35.5 Å². The highest BCUT2D eigenvalue weighted by molar-refractivity contribution is 7.99. The van der Waals surface area contributed by atoms with E-state index in [4.69, 9.17) is 25.5 Å². The first-order valence-electron chi connectivity index (χ1n) is 10.8. The molecule has 1 amide bonds. The molecule has 0 atom stereocenters. The number of carbonyl (C=O) groups excluding carboxylic acids is 2. The average molecular weight is 515 g/mol. The summed E-state index contributed by atoms with van der Waals surface area (Å²) >= 11 is 7.42. The summed E-state index contributed by atoms with van der Waals surface area (Å²) in [5.41, 5.74) is 1.26. The Hall–Kier alpha value is -3.50. The molecule has 35 heavy (non-hydrogen) atoms. The molecule has 0 unspecified atom stereocenters. The van der Waals surface area contributed by atoms with Gasteiger partial charge in [0.2, 0.25) is 11.7 Å². The third-order valence-corrected chi connectivity index (χ3v) is 6.36. The van der Waals surface area contributed by atoms with Crippen molar-refractivity contribution in [1.29, 1.82) is 0 Å². The van der Waals surface area contributed by atoms with Gasteiger partial charge in [-0.2, -0.15) is 0 Å². The lowest BCUT2D eigenvalue weighted by Gasteiger charge is -2.10. The maximum atomic E-state index is 12.6. The Bertz CT molecular complexity index is 1380. The third-order valence-electron chi connectivity index (χ3n) is 5.07. The number of aromatic nitrogens is 3. The van der Waals surface area contributed by atoms with Crippen molar-refractivity contribution < 1.29 is 23.5 Å². The maximum absolute atomic E-state index is 12.6. The van der Waals surface area contributed by atoms with E-state index in [1.807, 2.05) is 35.8 Å². The van der Waals surface area contributed by atoms with E-state index in [0.717, 1.165) is 5.39 Å². The summed E-state index contributed by atoms with van der Waals surface area (Å²) in [5.74, 6) is 1.01. The minimum absolute atomic E-state index is 0.0616. The van der Waals surface area contributed by atoms with E-state index in [1.54, 1.807) is 26.2 Å². The molecule has 2 heterocycles. The highest BCUT2D eigenvalue weighted by Gasteiger charge is 2.19. The topological polar surface area (TPSA) is 108 Å². The molecule has 182 valence electrons. The monoisotopic (exact) mass is 514 g/mol. The number of para-hydroxylation sites is 1. The van der Waals surface area contributed by atoms with Gasteiger partial charge in [0.15, 0.2) is 22.2 Å². The number of nitrogens with one attached hydrogen (secondary N) is 1. The standard InChI is InChI=1S/C24H23ClN4O5S/c1-4-29-22(19-12-14-7-6-8-18(32-3)21(14)34-19)27-28-24(29)35-13-20(30)26-17-11-15(9-10-16(17)25)23(31)33-5-2/h6-12H,4-5,13H2,1-3H3,(H,26,30). The number of rotatable bonds is 9. The molecular weight excluding hydrogens is 492 g/mol. The van der Waals surface area contributed by atoms with E-state index in [2.05, 4.69) is 15.5 Å². The average Bonchev–Trinajstić information content (AvgIpc) is 3.47. The Balaban J connectivity index is 1.48. The molecule has 1 N–H and O–H groups in total. The van der Waals surface area contributed by atoms with Crippen LogP contribution in [0.4, 0.5) is 5.69 Å². The molecule has 0 saturated carbocycles. The second kappa shape index (κ2) is 10.8. The van der Waals surface area contributed by atoms with E-state index < -0.39 is 5.97 Å². The summed E-state index contributed by atoms with van der Waals surface area (Å²) in [6, 6.07) is 12.1. The van der Waals surface area contributed by atoms with Crippen molar-refractivity contribution in [3.63, 3.8) is 0 Å². The van der Waals surface area contributed by atoms with Gasteiger partial charge in [-0.3, -0.25) is 9.36 Å². The molecule has 4 aromatic rings. The molecule has 4 rings (SSSR count). The Morgan fingerprint density at radius 3 is 2.74 bits per heavy atom. The molecule has 0 aliphatic carbocycles. The molecule has 0 spiro atoms. The fourth-order valence-electron chi connectivity index (χ4n) is 3.45. The molecule has 0 saturated heterocycles. The van der Waals surface area contributed by atoms with Crippen molar-refractivity contribution >= 4 is 51.9 Å². The summed E-state index contributed by atoms with van der Waals surface area (Å²) in [4.78, 5) is 24.6. The number of fused-ring (bicyclic) bond motifs is 1. The second-order valence-electron chi connectivity index (χ2n) is 7.29. The summed E-state index contributed by atoms with van der Waals surface area (Å²) in [5, 5.41) is 13.0. The van der Waals surface area contributed by atoms with Gasteiger partial charge < -0.3 is 19.2 Å². The second-order valence-corrected chi connectivity index (χ2v) is 8.64. The summed E-state index contributed by atoms with van der Waals surface area (Å²) in [6.45, 7) is 4.51. The van der Waals surface area contributed by atoms with Crippen molar-refractivity contribution in [3.8, 4) is 17.3 Å². The lowest BCUT2D eigenvalue weighted by Crippen LogP contribution is -2.15. The number of methoxy groups -OCH3 is 1. The number of nitrogens with zero attached hydrogens (tertiary/aromatic N) is 3. The van der Waals surface area contributed by atoms with Crippen molar-refractivity contribution in [1.82, 2.24) is 14.8 Å². The Morgan fingerprint density at radius 1 is 1.17 bits per heavy atom. The molecule has 2 aromatic heterocycles. The smallest absolute Gasteiger partial charge is 0.338 e. The zero-order valence-electron chi connectivity index (χ0n) is 19.3. The molecule has 0 bridgehead atoms. The Kier molecular flexibility index (Phi) is 7.62. The zero-order chi connectivity index (χ0) is 24.9. The Labute approximate surface area is 210 Å². The summed E-state index contributed by atoms with van der Waals surface area (Å²) in [6.07, 6.45) is 0. The van der Waals surface area contributed by atoms with Crippen LogP contribution in [-0.2, 0) is 16.1 Å². The number of halogens is 1. The molecule has 9 nitrogen and oxygen atoms in total. The molecule has 0 radical (unpaired) electrons. The number of esters is 1. The van der Waals surface area contributed by atoms with Gasteiger partial charge >= 0.3 is 5.97 Å². The van der Waals surface area contributed by atoms with Crippen molar-refractivity contribution in [2.45, 2.75) is 25.5 Å². The van der Waals surface area contributed by atoms with Crippen LogP contribution in [0.1, 0.15) is 24.2 Å². The van der Waals surface area contributed by atoms with Gasteiger partial charge in [-0.15, -0.1) is 10.2 Å². The van der Waals surface area contributed by atoms with E-state index in [-0.39, 0.29) is 18.3 Å². The van der Waals surface area contributed by atoms with Crippen LogP contribution < -0.4 is 10.1 Å². The lowest BCUT2D eigenvalue weighted by molar-refractivity contribution is -0.113. The maximum Gasteiger partial charge on any atom is 0.338 e. The van der Waals surface area contributed by atoms with Crippen molar-refractivity contribution in [2.24, 2.45) is 0 Å². The zero-order valence-corrected chi connectivity index (χ0v) is 20.9. The van der Waals surface area contributed by atoms with Gasteiger partial charge in [0.1, 0.15) is 0 Å².